The summed E-state index contributed by atoms with van der Waals surface area (Å²) in [6, 6.07) is 18.4. The molecule has 5 rings (SSSR count). The van der Waals surface area contributed by atoms with Crippen LogP contribution in [0.2, 0.25) is 0 Å². The van der Waals surface area contributed by atoms with Crippen molar-refractivity contribution in [2.24, 2.45) is 0 Å². The highest BCUT2D eigenvalue weighted by molar-refractivity contribution is 5.95. The van der Waals surface area contributed by atoms with Gasteiger partial charge in [0.05, 0.1) is 29.8 Å². The second kappa shape index (κ2) is 10.8. The van der Waals surface area contributed by atoms with Gasteiger partial charge in [0, 0.05) is 44.5 Å². The van der Waals surface area contributed by atoms with Crippen LogP contribution in [0.4, 0.5) is 4.39 Å². The number of aromatic nitrogens is 4. The number of hydrogen-bond acceptors (Lipinski definition) is 6. The van der Waals surface area contributed by atoms with Gasteiger partial charge in [-0.25, -0.2) is 14.4 Å². The number of nitrogens with one attached hydrogen (secondary N) is 1. The summed E-state index contributed by atoms with van der Waals surface area (Å²) >= 11 is 0. The van der Waals surface area contributed by atoms with Gasteiger partial charge in [-0.1, -0.05) is 42.5 Å². The highest BCUT2D eigenvalue weighted by Crippen LogP contribution is 2.22. The maximum absolute atomic E-state index is 14.3. The molecular weight excluding hydrogens is 459 g/mol. The van der Waals surface area contributed by atoms with Gasteiger partial charge in [0.25, 0.3) is 11.9 Å². The Morgan fingerprint density at radius 1 is 1.14 bits per heavy atom. The SMILES string of the molecule is COCc1c(C(=O)NC2CCN(Cc3ccccc3)C2)cnn1-c1nccc(-c2ccccc2F)n1. The Bertz CT molecular complexity index is 1340. The summed E-state index contributed by atoms with van der Waals surface area (Å²) < 4.78 is 21.1. The number of carbonyl (C=O) groups excluding carboxylic acids is 1. The first-order valence-electron chi connectivity index (χ1n) is 11.8. The zero-order valence-electron chi connectivity index (χ0n) is 20.0. The van der Waals surface area contributed by atoms with E-state index in [0.717, 1.165) is 26.1 Å². The molecule has 1 saturated heterocycles. The number of benzene rings is 2. The lowest BCUT2D eigenvalue weighted by molar-refractivity contribution is 0.0932. The molecule has 0 spiro atoms. The number of nitrogens with zero attached hydrogens (tertiary/aromatic N) is 5. The smallest absolute Gasteiger partial charge is 0.255 e. The Hall–Kier alpha value is -3.95. The predicted octanol–water partition coefficient (Wildman–Crippen LogP) is 3.62. The van der Waals surface area contributed by atoms with Crippen LogP contribution < -0.4 is 5.32 Å². The van der Waals surface area contributed by atoms with Crippen LogP contribution in [0.25, 0.3) is 17.2 Å². The van der Waals surface area contributed by atoms with Crippen LogP contribution in [0.5, 0.6) is 0 Å². The lowest BCUT2D eigenvalue weighted by Crippen LogP contribution is -2.37. The van der Waals surface area contributed by atoms with Crippen molar-refractivity contribution >= 4 is 5.91 Å². The van der Waals surface area contributed by atoms with E-state index in [1.54, 1.807) is 37.6 Å². The molecule has 184 valence electrons. The zero-order chi connectivity index (χ0) is 24.9. The van der Waals surface area contributed by atoms with E-state index in [9.17, 15) is 9.18 Å². The molecule has 2 aromatic carbocycles. The summed E-state index contributed by atoms with van der Waals surface area (Å²) in [6.45, 7) is 2.69. The maximum Gasteiger partial charge on any atom is 0.255 e. The minimum Gasteiger partial charge on any atom is -0.378 e. The van der Waals surface area contributed by atoms with Gasteiger partial charge in [0.2, 0.25) is 0 Å². The third-order valence-electron chi connectivity index (χ3n) is 6.23. The molecule has 0 saturated carbocycles. The van der Waals surface area contributed by atoms with Gasteiger partial charge in [0.15, 0.2) is 0 Å². The molecule has 3 heterocycles. The Morgan fingerprint density at radius 2 is 1.94 bits per heavy atom. The molecule has 1 fully saturated rings. The van der Waals surface area contributed by atoms with E-state index in [0.29, 0.717) is 22.5 Å². The molecule has 0 bridgehead atoms. The first kappa shape index (κ1) is 23.8. The molecule has 1 N–H and O–H groups in total. The van der Waals surface area contributed by atoms with E-state index < -0.39 is 0 Å². The number of likely N-dealkylation sites (tertiary alicyclic amines) is 1. The fourth-order valence-electron chi connectivity index (χ4n) is 4.48. The Labute approximate surface area is 208 Å². The topological polar surface area (TPSA) is 85.2 Å². The third-order valence-corrected chi connectivity index (χ3v) is 6.23. The summed E-state index contributed by atoms with van der Waals surface area (Å²) in [4.78, 5) is 24.3. The summed E-state index contributed by atoms with van der Waals surface area (Å²) in [5.74, 6) is -0.362. The molecule has 2 aromatic heterocycles. The average molecular weight is 487 g/mol. The minimum absolute atomic E-state index is 0.0422. The number of halogens is 1. The highest BCUT2D eigenvalue weighted by Gasteiger charge is 2.27. The number of hydrogen-bond donors (Lipinski definition) is 1. The number of ether oxygens (including phenoxy) is 1. The molecular formula is C27H27FN6O2. The second-order valence-corrected chi connectivity index (χ2v) is 8.75. The molecule has 0 aliphatic carbocycles. The van der Waals surface area contributed by atoms with Crippen LogP contribution in [-0.4, -0.2) is 56.8 Å². The van der Waals surface area contributed by atoms with Crippen molar-refractivity contribution in [2.75, 3.05) is 20.2 Å². The lowest BCUT2D eigenvalue weighted by Gasteiger charge is -2.17. The average Bonchev–Trinajstić information content (AvgIpc) is 3.52. The van der Waals surface area contributed by atoms with E-state index in [4.69, 9.17) is 4.74 Å². The van der Waals surface area contributed by atoms with Crippen LogP contribution in [-0.2, 0) is 17.9 Å². The Balaban J connectivity index is 1.33. The van der Waals surface area contributed by atoms with Gasteiger partial charge in [-0.05, 0) is 30.2 Å². The van der Waals surface area contributed by atoms with Crippen LogP contribution in [0, 0.1) is 5.82 Å². The highest BCUT2D eigenvalue weighted by atomic mass is 19.1. The standard InChI is InChI=1S/C27H27FN6O2/c1-36-18-25-22(26(35)31-20-12-14-33(17-20)16-19-7-3-2-4-8-19)15-30-34(25)27-29-13-11-24(32-27)21-9-5-6-10-23(21)28/h2-11,13,15,20H,12,14,16-18H2,1H3,(H,31,35). The molecule has 8 nitrogen and oxygen atoms in total. The van der Waals surface area contributed by atoms with E-state index in [-0.39, 0.29) is 30.3 Å². The van der Waals surface area contributed by atoms with E-state index in [1.807, 2.05) is 18.2 Å². The van der Waals surface area contributed by atoms with Gasteiger partial charge in [0.1, 0.15) is 5.82 Å². The van der Waals surface area contributed by atoms with Crippen molar-refractivity contribution in [3.05, 3.63) is 95.7 Å². The number of carbonyl (C=O) groups is 1. The van der Waals surface area contributed by atoms with Gasteiger partial charge in [-0.15, -0.1) is 0 Å². The van der Waals surface area contributed by atoms with Gasteiger partial charge in [-0.3, -0.25) is 9.69 Å². The lowest BCUT2D eigenvalue weighted by atomic mass is 10.1. The van der Waals surface area contributed by atoms with Crippen LogP contribution >= 0.6 is 0 Å². The van der Waals surface area contributed by atoms with E-state index >= 15 is 0 Å². The van der Waals surface area contributed by atoms with Crippen molar-refractivity contribution in [2.45, 2.75) is 25.6 Å². The van der Waals surface area contributed by atoms with Gasteiger partial charge < -0.3 is 10.1 Å². The van der Waals surface area contributed by atoms with Crippen LogP contribution in [0.3, 0.4) is 0 Å². The van der Waals surface area contributed by atoms with Crippen molar-refractivity contribution in [3.8, 4) is 17.2 Å². The molecule has 1 unspecified atom stereocenters. The molecule has 0 radical (unpaired) electrons. The molecule has 9 heteroatoms. The summed E-state index contributed by atoms with van der Waals surface area (Å²) in [5, 5.41) is 7.51. The number of methoxy groups -OCH3 is 1. The van der Waals surface area contributed by atoms with E-state index in [2.05, 4.69) is 37.4 Å². The Kier molecular flexibility index (Phi) is 7.11. The third kappa shape index (κ3) is 5.17. The monoisotopic (exact) mass is 486 g/mol. The second-order valence-electron chi connectivity index (χ2n) is 8.75. The first-order valence-corrected chi connectivity index (χ1v) is 11.8. The first-order chi connectivity index (χ1) is 17.6. The summed E-state index contributed by atoms with van der Waals surface area (Å²) in [7, 11) is 1.55. The molecule has 1 aliphatic rings. The normalized spacial score (nSPS) is 15.8. The van der Waals surface area contributed by atoms with Crippen LogP contribution in [0.1, 0.15) is 28.0 Å². The molecule has 1 amide bonds. The number of amides is 1. The quantitative estimate of drug-likeness (QED) is 0.410. The van der Waals surface area contributed by atoms with E-state index in [1.165, 1.54) is 22.5 Å². The largest absolute Gasteiger partial charge is 0.378 e. The van der Waals surface area contributed by atoms with Gasteiger partial charge >= 0.3 is 0 Å². The van der Waals surface area contributed by atoms with Crippen molar-refractivity contribution in [1.29, 1.82) is 0 Å². The summed E-state index contributed by atoms with van der Waals surface area (Å²) in [6.07, 6.45) is 3.92. The van der Waals surface area contributed by atoms with Gasteiger partial charge in [-0.2, -0.15) is 9.78 Å². The van der Waals surface area contributed by atoms with Crippen molar-refractivity contribution in [3.63, 3.8) is 0 Å². The Morgan fingerprint density at radius 3 is 2.75 bits per heavy atom. The fourth-order valence-corrected chi connectivity index (χ4v) is 4.48. The fraction of sp³-hybridized carbons (Fsp3) is 0.259. The van der Waals surface area contributed by atoms with Crippen molar-refractivity contribution < 1.29 is 13.9 Å². The number of rotatable bonds is 8. The van der Waals surface area contributed by atoms with Crippen molar-refractivity contribution in [1.82, 2.24) is 30.0 Å². The minimum atomic E-state index is -0.377. The summed E-state index contributed by atoms with van der Waals surface area (Å²) in [5.41, 5.74) is 2.97. The maximum atomic E-state index is 14.3. The molecule has 36 heavy (non-hydrogen) atoms. The molecule has 4 aromatic rings. The molecule has 1 aliphatic heterocycles. The van der Waals surface area contributed by atoms with Crippen LogP contribution in [0.15, 0.2) is 73.1 Å². The zero-order valence-corrected chi connectivity index (χ0v) is 20.0. The molecule has 1 atom stereocenters. The predicted molar refractivity (Wildman–Crippen MR) is 133 cm³/mol.